The molecule has 0 radical (unpaired) electrons. The van der Waals surface area contributed by atoms with Crippen LogP contribution in [0, 0.1) is 0 Å². The predicted octanol–water partition coefficient (Wildman–Crippen LogP) is 5.30. The van der Waals surface area contributed by atoms with Crippen molar-refractivity contribution in [3.8, 4) is 17.0 Å². The van der Waals surface area contributed by atoms with Crippen molar-refractivity contribution in [3.63, 3.8) is 0 Å². The summed E-state index contributed by atoms with van der Waals surface area (Å²) in [5, 5.41) is 5.17. The molecular weight excluding hydrogens is 396 g/mol. The summed E-state index contributed by atoms with van der Waals surface area (Å²) >= 11 is 1.34. The highest BCUT2D eigenvalue weighted by Gasteiger charge is 2.14. The topological polar surface area (TPSA) is 68.3 Å². The number of ether oxygens (including phenoxy) is 1. The standard InChI is InChI=1S/C24H18N2O3S/c1-29-21-10-6-5-9-19(21)20-15-30-24(25-20)26-23(28)18-13-11-17(12-14-18)22(27)16-7-3-2-4-8-16/h2-15H,1H3,(H,25,26,28). The lowest BCUT2D eigenvalue weighted by Crippen LogP contribution is -2.12. The van der Waals surface area contributed by atoms with Crippen LogP contribution >= 0.6 is 11.3 Å². The molecule has 148 valence electrons. The van der Waals surface area contributed by atoms with Crippen LogP contribution in [0.3, 0.4) is 0 Å². The molecule has 1 amide bonds. The highest BCUT2D eigenvalue weighted by Crippen LogP contribution is 2.32. The quantitative estimate of drug-likeness (QED) is 0.435. The van der Waals surface area contributed by atoms with Gasteiger partial charge in [0.1, 0.15) is 5.75 Å². The van der Waals surface area contributed by atoms with Crippen LogP contribution in [-0.2, 0) is 0 Å². The van der Waals surface area contributed by atoms with Gasteiger partial charge in [0, 0.05) is 27.6 Å². The summed E-state index contributed by atoms with van der Waals surface area (Å²) in [5.41, 5.74) is 3.19. The van der Waals surface area contributed by atoms with E-state index in [0.29, 0.717) is 21.8 Å². The molecule has 6 heteroatoms. The van der Waals surface area contributed by atoms with Crippen molar-refractivity contribution in [2.75, 3.05) is 12.4 Å². The first kappa shape index (κ1) is 19.5. The molecule has 0 aliphatic carbocycles. The Morgan fingerprint density at radius 2 is 1.47 bits per heavy atom. The van der Waals surface area contributed by atoms with Crippen LogP contribution in [0.15, 0.2) is 84.2 Å². The second-order valence-electron chi connectivity index (χ2n) is 6.46. The normalized spacial score (nSPS) is 10.4. The number of thiazole rings is 1. The van der Waals surface area contributed by atoms with Crippen LogP contribution in [-0.4, -0.2) is 23.8 Å². The minimum absolute atomic E-state index is 0.0797. The monoisotopic (exact) mass is 414 g/mol. The van der Waals surface area contributed by atoms with E-state index in [1.54, 1.807) is 43.5 Å². The minimum atomic E-state index is -0.283. The number of aromatic nitrogens is 1. The second kappa shape index (κ2) is 8.71. The van der Waals surface area contributed by atoms with Gasteiger partial charge >= 0.3 is 0 Å². The fourth-order valence-corrected chi connectivity index (χ4v) is 3.72. The second-order valence-corrected chi connectivity index (χ2v) is 7.32. The van der Waals surface area contributed by atoms with Gasteiger partial charge in [-0.25, -0.2) is 4.98 Å². The zero-order valence-electron chi connectivity index (χ0n) is 16.2. The number of hydrogen-bond acceptors (Lipinski definition) is 5. The zero-order valence-corrected chi connectivity index (χ0v) is 17.0. The molecule has 0 spiro atoms. The summed E-state index contributed by atoms with van der Waals surface area (Å²) in [6.07, 6.45) is 0. The molecule has 0 bridgehead atoms. The molecule has 4 rings (SSSR count). The maximum atomic E-state index is 12.6. The molecule has 0 atom stereocenters. The summed E-state index contributed by atoms with van der Waals surface area (Å²) in [4.78, 5) is 29.6. The fraction of sp³-hybridized carbons (Fsp3) is 0.0417. The highest BCUT2D eigenvalue weighted by molar-refractivity contribution is 7.14. The van der Waals surface area contributed by atoms with Gasteiger partial charge in [0.05, 0.1) is 12.8 Å². The van der Waals surface area contributed by atoms with Crippen molar-refractivity contribution in [3.05, 3.63) is 101 Å². The number of ketones is 1. The smallest absolute Gasteiger partial charge is 0.257 e. The number of para-hydroxylation sites is 1. The van der Waals surface area contributed by atoms with Gasteiger partial charge in [0.15, 0.2) is 10.9 Å². The number of carbonyl (C=O) groups is 2. The first-order valence-electron chi connectivity index (χ1n) is 9.26. The van der Waals surface area contributed by atoms with Gasteiger partial charge in [-0.3, -0.25) is 14.9 Å². The molecule has 0 aliphatic heterocycles. The maximum absolute atomic E-state index is 12.6. The number of hydrogen-bond donors (Lipinski definition) is 1. The van der Waals surface area contributed by atoms with E-state index >= 15 is 0 Å². The Labute approximate surface area is 178 Å². The van der Waals surface area contributed by atoms with Gasteiger partial charge in [-0.1, -0.05) is 54.6 Å². The van der Waals surface area contributed by atoms with Gasteiger partial charge in [-0.05, 0) is 24.3 Å². The zero-order chi connectivity index (χ0) is 20.9. The molecule has 0 fully saturated rings. The maximum Gasteiger partial charge on any atom is 0.257 e. The Hall–Kier alpha value is -3.77. The van der Waals surface area contributed by atoms with E-state index in [1.807, 2.05) is 47.8 Å². The van der Waals surface area contributed by atoms with Gasteiger partial charge in [0.2, 0.25) is 0 Å². The van der Waals surface area contributed by atoms with E-state index in [9.17, 15) is 9.59 Å². The number of nitrogens with one attached hydrogen (secondary N) is 1. The van der Waals surface area contributed by atoms with Crippen molar-refractivity contribution in [1.29, 1.82) is 0 Å². The lowest BCUT2D eigenvalue weighted by molar-refractivity contribution is 0.102. The van der Waals surface area contributed by atoms with Crippen LogP contribution in [0.2, 0.25) is 0 Å². The summed E-state index contributed by atoms with van der Waals surface area (Å²) in [6, 6.07) is 23.2. The van der Waals surface area contributed by atoms with Gasteiger partial charge in [-0.2, -0.15) is 0 Å². The summed E-state index contributed by atoms with van der Waals surface area (Å²) in [7, 11) is 1.61. The minimum Gasteiger partial charge on any atom is -0.496 e. The summed E-state index contributed by atoms with van der Waals surface area (Å²) in [6.45, 7) is 0. The third kappa shape index (κ3) is 4.14. The molecule has 0 unspecified atom stereocenters. The third-order valence-electron chi connectivity index (χ3n) is 4.55. The molecule has 0 saturated carbocycles. The third-order valence-corrected chi connectivity index (χ3v) is 5.31. The number of anilines is 1. The van der Waals surface area contributed by atoms with E-state index in [-0.39, 0.29) is 11.7 Å². The van der Waals surface area contributed by atoms with E-state index < -0.39 is 0 Å². The molecular formula is C24H18N2O3S. The van der Waals surface area contributed by atoms with E-state index in [0.717, 1.165) is 17.0 Å². The van der Waals surface area contributed by atoms with Crippen LogP contribution in [0.5, 0.6) is 5.75 Å². The SMILES string of the molecule is COc1ccccc1-c1csc(NC(=O)c2ccc(C(=O)c3ccccc3)cc2)n1. The number of methoxy groups -OCH3 is 1. The molecule has 3 aromatic carbocycles. The lowest BCUT2D eigenvalue weighted by Gasteiger charge is -2.05. The number of nitrogens with zero attached hydrogens (tertiary/aromatic N) is 1. The van der Waals surface area contributed by atoms with Crippen molar-refractivity contribution in [2.24, 2.45) is 0 Å². The largest absolute Gasteiger partial charge is 0.496 e. The van der Waals surface area contributed by atoms with Gasteiger partial charge < -0.3 is 4.74 Å². The van der Waals surface area contributed by atoms with E-state index in [1.165, 1.54) is 11.3 Å². The van der Waals surface area contributed by atoms with Crippen LogP contribution in [0.1, 0.15) is 26.3 Å². The molecule has 1 N–H and O–H groups in total. The van der Waals surface area contributed by atoms with Crippen molar-refractivity contribution >= 4 is 28.2 Å². The number of amides is 1. The summed E-state index contributed by atoms with van der Waals surface area (Å²) < 4.78 is 5.37. The Morgan fingerprint density at radius 1 is 0.833 bits per heavy atom. The molecule has 1 aromatic heterocycles. The van der Waals surface area contributed by atoms with Crippen LogP contribution in [0.25, 0.3) is 11.3 Å². The van der Waals surface area contributed by atoms with Gasteiger partial charge in [-0.15, -0.1) is 11.3 Å². The number of carbonyl (C=O) groups excluding carboxylic acids is 2. The van der Waals surface area contributed by atoms with Crippen molar-refractivity contribution in [2.45, 2.75) is 0 Å². The van der Waals surface area contributed by atoms with Crippen LogP contribution in [0.4, 0.5) is 5.13 Å². The van der Waals surface area contributed by atoms with Crippen molar-refractivity contribution in [1.82, 2.24) is 4.98 Å². The Bertz CT molecular complexity index is 1180. The van der Waals surface area contributed by atoms with Crippen LogP contribution < -0.4 is 10.1 Å². The summed E-state index contributed by atoms with van der Waals surface area (Å²) in [5.74, 6) is 0.359. The number of rotatable bonds is 6. The predicted molar refractivity (Wildman–Crippen MR) is 118 cm³/mol. The molecule has 30 heavy (non-hydrogen) atoms. The first-order valence-corrected chi connectivity index (χ1v) is 10.1. The molecule has 0 aliphatic rings. The number of benzene rings is 3. The average Bonchev–Trinajstić information content (AvgIpc) is 3.27. The Kier molecular flexibility index (Phi) is 5.68. The highest BCUT2D eigenvalue weighted by atomic mass is 32.1. The lowest BCUT2D eigenvalue weighted by atomic mass is 10.0. The first-order chi connectivity index (χ1) is 14.7. The van der Waals surface area contributed by atoms with E-state index in [2.05, 4.69) is 10.3 Å². The van der Waals surface area contributed by atoms with E-state index in [4.69, 9.17) is 4.74 Å². The van der Waals surface area contributed by atoms with Gasteiger partial charge in [0.25, 0.3) is 5.91 Å². The molecule has 5 nitrogen and oxygen atoms in total. The Balaban J connectivity index is 1.47. The molecule has 0 saturated heterocycles. The molecule has 4 aromatic rings. The van der Waals surface area contributed by atoms with Crippen molar-refractivity contribution < 1.29 is 14.3 Å². The fourth-order valence-electron chi connectivity index (χ4n) is 3.01. The Morgan fingerprint density at radius 3 is 2.20 bits per heavy atom. The average molecular weight is 414 g/mol. The molecule has 1 heterocycles.